The maximum atomic E-state index is 12.3. The van der Waals surface area contributed by atoms with Crippen molar-refractivity contribution in [2.24, 2.45) is 0 Å². The first-order valence-electron chi connectivity index (χ1n) is 6.76. The minimum absolute atomic E-state index is 0.00774. The van der Waals surface area contributed by atoms with E-state index in [1.807, 2.05) is 31.2 Å². The Balaban J connectivity index is 1.57. The van der Waals surface area contributed by atoms with Gasteiger partial charge in [-0.2, -0.15) is 0 Å². The molecule has 0 saturated carbocycles. The average molecular weight is 303 g/mol. The second-order valence-corrected chi connectivity index (χ2v) is 5.52. The van der Waals surface area contributed by atoms with E-state index in [9.17, 15) is 4.79 Å². The largest absolute Gasteiger partial charge is 0.471 e. The van der Waals surface area contributed by atoms with Crippen molar-refractivity contribution in [3.63, 3.8) is 0 Å². The number of pyridine rings is 1. The molecule has 1 fully saturated rings. The molecule has 3 rings (SSSR count). The quantitative estimate of drug-likeness (QED) is 0.875. The van der Waals surface area contributed by atoms with Crippen LogP contribution in [0.15, 0.2) is 42.6 Å². The van der Waals surface area contributed by atoms with Gasteiger partial charge in [-0.3, -0.25) is 4.79 Å². The molecule has 108 valence electrons. The fourth-order valence-electron chi connectivity index (χ4n) is 2.26. The summed E-state index contributed by atoms with van der Waals surface area (Å²) in [4.78, 5) is 18.2. The lowest BCUT2D eigenvalue weighted by molar-refractivity contribution is 0.0159. The smallest absolute Gasteiger partial charge is 0.254 e. The van der Waals surface area contributed by atoms with Crippen LogP contribution in [0.4, 0.5) is 0 Å². The second kappa shape index (κ2) is 5.74. The van der Waals surface area contributed by atoms with Crippen molar-refractivity contribution in [3.05, 3.63) is 58.7 Å². The standard InChI is InChI=1S/C16H15ClN2O2/c1-11-4-2-3-5-14(11)16(20)19-9-13(10-19)21-15-7-6-12(17)8-18-15/h2-8,13H,9-10H2,1H3. The molecule has 2 aromatic rings. The first-order chi connectivity index (χ1) is 10.1. The molecule has 1 saturated heterocycles. The van der Waals surface area contributed by atoms with E-state index in [-0.39, 0.29) is 12.0 Å². The van der Waals surface area contributed by atoms with Crippen LogP contribution in [-0.2, 0) is 0 Å². The van der Waals surface area contributed by atoms with Crippen LogP contribution in [0.3, 0.4) is 0 Å². The number of hydrogen-bond acceptors (Lipinski definition) is 3. The molecule has 0 bridgehead atoms. The molecule has 0 radical (unpaired) electrons. The molecule has 1 aliphatic heterocycles. The highest BCUT2D eigenvalue weighted by Crippen LogP contribution is 2.20. The van der Waals surface area contributed by atoms with Gasteiger partial charge in [0.15, 0.2) is 0 Å². The first-order valence-corrected chi connectivity index (χ1v) is 7.14. The van der Waals surface area contributed by atoms with Gasteiger partial charge in [0.25, 0.3) is 5.91 Å². The molecule has 1 aromatic carbocycles. The molecule has 0 unspecified atom stereocenters. The molecule has 0 spiro atoms. The van der Waals surface area contributed by atoms with Crippen molar-refractivity contribution in [3.8, 4) is 5.88 Å². The monoisotopic (exact) mass is 302 g/mol. The fourth-order valence-corrected chi connectivity index (χ4v) is 2.38. The number of aromatic nitrogens is 1. The zero-order valence-corrected chi connectivity index (χ0v) is 12.4. The van der Waals surface area contributed by atoms with Gasteiger partial charge in [0, 0.05) is 17.8 Å². The summed E-state index contributed by atoms with van der Waals surface area (Å²) in [5.41, 5.74) is 1.74. The highest BCUT2D eigenvalue weighted by atomic mass is 35.5. The lowest BCUT2D eigenvalue weighted by Crippen LogP contribution is -2.56. The van der Waals surface area contributed by atoms with Gasteiger partial charge in [0.05, 0.1) is 18.1 Å². The summed E-state index contributed by atoms with van der Waals surface area (Å²) in [5.74, 6) is 0.587. The molecule has 2 heterocycles. The summed E-state index contributed by atoms with van der Waals surface area (Å²) in [7, 11) is 0. The van der Waals surface area contributed by atoms with E-state index in [2.05, 4.69) is 4.98 Å². The molecule has 0 atom stereocenters. The molecular weight excluding hydrogens is 288 g/mol. The fraction of sp³-hybridized carbons (Fsp3) is 0.250. The third-order valence-electron chi connectivity index (χ3n) is 3.50. The van der Waals surface area contributed by atoms with E-state index >= 15 is 0 Å². The number of likely N-dealkylation sites (tertiary alicyclic amines) is 1. The number of carbonyl (C=O) groups excluding carboxylic acids is 1. The molecule has 0 N–H and O–H groups in total. The minimum Gasteiger partial charge on any atom is -0.471 e. The highest BCUT2D eigenvalue weighted by molar-refractivity contribution is 6.30. The number of amides is 1. The molecule has 0 aliphatic carbocycles. The van der Waals surface area contributed by atoms with Gasteiger partial charge in [-0.25, -0.2) is 4.98 Å². The number of benzene rings is 1. The Bertz CT molecular complexity index is 652. The van der Waals surface area contributed by atoms with E-state index in [0.29, 0.717) is 24.0 Å². The van der Waals surface area contributed by atoms with Gasteiger partial charge in [-0.05, 0) is 24.6 Å². The van der Waals surface area contributed by atoms with Crippen LogP contribution < -0.4 is 4.74 Å². The lowest BCUT2D eigenvalue weighted by Gasteiger charge is -2.38. The first kappa shape index (κ1) is 13.9. The number of hydrogen-bond donors (Lipinski definition) is 0. The Labute approximate surface area is 128 Å². The Morgan fingerprint density at radius 2 is 2.05 bits per heavy atom. The third-order valence-corrected chi connectivity index (χ3v) is 3.72. The van der Waals surface area contributed by atoms with Crippen molar-refractivity contribution in [2.75, 3.05) is 13.1 Å². The summed E-state index contributed by atoms with van der Waals surface area (Å²) >= 11 is 5.77. The van der Waals surface area contributed by atoms with Gasteiger partial charge in [0.2, 0.25) is 5.88 Å². The summed E-state index contributed by atoms with van der Waals surface area (Å²) < 4.78 is 5.69. The second-order valence-electron chi connectivity index (χ2n) is 5.08. The zero-order valence-electron chi connectivity index (χ0n) is 11.6. The summed E-state index contributed by atoms with van der Waals surface area (Å²) in [5, 5.41) is 0.576. The highest BCUT2D eigenvalue weighted by Gasteiger charge is 2.33. The van der Waals surface area contributed by atoms with Crippen LogP contribution in [0.2, 0.25) is 5.02 Å². The Kier molecular flexibility index (Phi) is 3.80. The Morgan fingerprint density at radius 3 is 2.71 bits per heavy atom. The van der Waals surface area contributed by atoms with E-state index in [4.69, 9.17) is 16.3 Å². The maximum Gasteiger partial charge on any atom is 0.254 e. The number of carbonyl (C=O) groups is 1. The predicted molar refractivity (Wildman–Crippen MR) is 80.7 cm³/mol. The topological polar surface area (TPSA) is 42.4 Å². The number of halogens is 1. The van der Waals surface area contributed by atoms with Crippen LogP contribution >= 0.6 is 11.6 Å². The van der Waals surface area contributed by atoms with E-state index in [1.165, 1.54) is 0 Å². The van der Waals surface area contributed by atoms with Crippen molar-refractivity contribution in [1.29, 1.82) is 0 Å². The zero-order chi connectivity index (χ0) is 14.8. The third kappa shape index (κ3) is 3.00. The Hall–Kier alpha value is -2.07. The normalized spacial score (nSPS) is 14.7. The van der Waals surface area contributed by atoms with Crippen LogP contribution in [0.5, 0.6) is 5.88 Å². The lowest BCUT2D eigenvalue weighted by atomic mass is 10.0. The summed E-state index contributed by atoms with van der Waals surface area (Å²) in [6.07, 6.45) is 1.54. The van der Waals surface area contributed by atoms with Crippen LogP contribution in [0.1, 0.15) is 15.9 Å². The van der Waals surface area contributed by atoms with Gasteiger partial charge in [-0.1, -0.05) is 29.8 Å². The van der Waals surface area contributed by atoms with Crippen LogP contribution in [-0.4, -0.2) is 35.0 Å². The van der Waals surface area contributed by atoms with E-state index in [1.54, 1.807) is 23.2 Å². The number of ether oxygens (including phenoxy) is 1. The summed E-state index contributed by atoms with van der Waals surface area (Å²) in [6.45, 7) is 3.10. The van der Waals surface area contributed by atoms with Crippen molar-refractivity contribution < 1.29 is 9.53 Å². The van der Waals surface area contributed by atoms with Gasteiger partial charge < -0.3 is 9.64 Å². The molecule has 4 nitrogen and oxygen atoms in total. The van der Waals surface area contributed by atoms with Crippen LogP contribution in [0, 0.1) is 6.92 Å². The number of rotatable bonds is 3. The average Bonchev–Trinajstić information content (AvgIpc) is 2.44. The molecule has 5 heteroatoms. The van der Waals surface area contributed by atoms with Crippen LogP contribution in [0.25, 0.3) is 0 Å². The minimum atomic E-state index is -0.00774. The summed E-state index contributed by atoms with van der Waals surface area (Å²) in [6, 6.07) is 11.1. The Morgan fingerprint density at radius 1 is 1.29 bits per heavy atom. The maximum absolute atomic E-state index is 12.3. The van der Waals surface area contributed by atoms with Gasteiger partial charge in [-0.15, -0.1) is 0 Å². The molecule has 1 aromatic heterocycles. The van der Waals surface area contributed by atoms with E-state index in [0.717, 1.165) is 11.1 Å². The predicted octanol–water partition coefficient (Wildman–Crippen LogP) is 2.95. The molecular formula is C16H15ClN2O2. The van der Waals surface area contributed by atoms with Gasteiger partial charge >= 0.3 is 0 Å². The molecule has 1 amide bonds. The number of nitrogens with zero attached hydrogens (tertiary/aromatic N) is 2. The van der Waals surface area contributed by atoms with Crippen molar-refractivity contribution in [1.82, 2.24) is 9.88 Å². The molecule has 1 aliphatic rings. The SMILES string of the molecule is Cc1ccccc1C(=O)N1CC(Oc2ccc(Cl)cn2)C1. The van der Waals surface area contributed by atoms with Gasteiger partial charge in [0.1, 0.15) is 6.10 Å². The van der Waals surface area contributed by atoms with E-state index < -0.39 is 0 Å². The molecule has 21 heavy (non-hydrogen) atoms. The number of aryl methyl sites for hydroxylation is 1. The van der Waals surface area contributed by atoms with Crippen molar-refractivity contribution >= 4 is 17.5 Å². The van der Waals surface area contributed by atoms with Crippen molar-refractivity contribution in [2.45, 2.75) is 13.0 Å².